The van der Waals surface area contributed by atoms with E-state index in [4.69, 9.17) is 4.74 Å². The van der Waals surface area contributed by atoms with E-state index in [9.17, 15) is 5.11 Å². The minimum Gasteiger partial charge on any atom is -0.493 e. The van der Waals surface area contributed by atoms with Gasteiger partial charge in [-0.1, -0.05) is 25.1 Å². The standard InChI is InChI=1S/C15H23NO2/c1-3-9-16-11-15(2,17)13-8-4-6-12-7-5-10-18-14(12)13/h4,6,8,16-17H,3,5,7,9-11H2,1-2H3. The number of fused-ring (bicyclic) bond motifs is 1. The molecule has 0 fully saturated rings. The van der Waals surface area contributed by atoms with E-state index in [-0.39, 0.29) is 0 Å². The summed E-state index contributed by atoms with van der Waals surface area (Å²) in [5.74, 6) is 0.895. The molecule has 1 heterocycles. The highest BCUT2D eigenvalue weighted by atomic mass is 16.5. The molecule has 3 nitrogen and oxygen atoms in total. The summed E-state index contributed by atoms with van der Waals surface area (Å²) in [6.45, 7) is 6.20. The van der Waals surface area contributed by atoms with Crippen LogP contribution in [0.5, 0.6) is 5.75 Å². The van der Waals surface area contributed by atoms with E-state index in [2.05, 4.69) is 18.3 Å². The highest BCUT2D eigenvalue weighted by Crippen LogP contribution is 2.35. The molecule has 1 aliphatic rings. The van der Waals surface area contributed by atoms with Gasteiger partial charge >= 0.3 is 0 Å². The van der Waals surface area contributed by atoms with Crippen LogP contribution in [0.2, 0.25) is 0 Å². The maximum Gasteiger partial charge on any atom is 0.128 e. The largest absolute Gasteiger partial charge is 0.493 e. The molecular formula is C15H23NO2. The molecule has 0 bridgehead atoms. The number of aryl methyl sites for hydroxylation is 1. The van der Waals surface area contributed by atoms with Gasteiger partial charge in [-0.05, 0) is 38.3 Å². The second-order valence-corrected chi connectivity index (χ2v) is 5.20. The van der Waals surface area contributed by atoms with Crippen molar-refractivity contribution in [1.29, 1.82) is 0 Å². The number of hydrogen-bond donors (Lipinski definition) is 2. The Kier molecular flexibility index (Phi) is 4.25. The number of aliphatic hydroxyl groups is 1. The summed E-state index contributed by atoms with van der Waals surface area (Å²) < 4.78 is 5.76. The molecule has 2 rings (SSSR count). The molecule has 0 spiro atoms. The van der Waals surface area contributed by atoms with Crippen LogP contribution in [0, 0.1) is 0 Å². The van der Waals surface area contributed by atoms with E-state index in [1.54, 1.807) is 0 Å². The monoisotopic (exact) mass is 249 g/mol. The van der Waals surface area contributed by atoms with Gasteiger partial charge in [0.1, 0.15) is 11.4 Å². The van der Waals surface area contributed by atoms with Gasteiger partial charge in [0, 0.05) is 12.1 Å². The normalized spacial score (nSPS) is 17.7. The zero-order valence-electron chi connectivity index (χ0n) is 11.3. The fourth-order valence-electron chi connectivity index (χ4n) is 2.42. The summed E-state index contributed by atoms with van der Waals surface area (Å²) in [7, 11) is 0. The fourth-order valence-corrected chi connectivity index (χ4v) is 2.42. The molecule has 3 heteroatoms. The van der Waals surface area contributed by atoms with E-state index in [1.807, 2.05) is 19.1 Å². The Morgan fingerprint density at radius 2 is 2.28 bits per heavy atom. The fraction of sp³-hybridized carbons (Fsp3) is 0.600. The molecule has 0 aromatic heterocycles. The molecule has 1 aliphatic heterocycles. The zero-order chi connectivity index (χ0) is 13.0. The van der Waals surface area contributed by atoms with Crippen molar-refractivity contribution in [1.82, 2.24) is 5.32 Å². The number of hydrogen-bond acceptors (Lipinski definition) is 3. The first-order valence-corrected chi connectivity index (χ1v) is 6.83. The first-order valence-electron chi connectivity index (χ1n) is 6.83. The van der Waals surface area contributed by atoms with Gasteiger partial charge < -0.3 is 15.2 Å². The second kappa shape index (κ2) is 5.72. The predicted octanol–water partition coefficient (Wildman–Crippen LogP) is 2.22. The summed E-state index contributed by atoms with van der Waals surface area (Å²) >= 11 is 0. The summed E-state index contributed by atoms with van der Waals surface area (Å²) in [6.07, 6.45) is 3.17. The molecule has 1 unspecified atom stereocenters. The molecule has 0 saturated carbocycles. The highest BCUT2D eigenvalue weighted by Gasteiger charge is 2.28. The molecule has 0 amide bonds. The molecule has 1 atom stereocenters. The minimum atomic E-state index is -0.877. The molecule has 18 heavy (non-hydrogen) atoms. The van der Waals surface area contributed by atoms with Crippen LogP contribution in [-0.2, 0) is 12.0 Å². The predicted molar refractivity (Wildman–Crippen MR) is 73.0 cm³/mol. The Balaban J connectivity index is 2.21. The van der Waals surface area contributed by atoms with Gasteiger partial charge in [-0.2, -0.15) is 0 Å². The van der Waals surface area contributed by atoms with Crippen LogP contribution in [0.1, 0.15) is 37.8 Å². The van der Waals surface area contributed by atoms with Crippen molar-refractivity contribution in [2.45, 2.75) is 38.7 Å². The third-order valence-electron chi connectivity index (χ3n) is 3.41. The molecule has 2 N–H and O–H groups in total. The molecule has 1 aromatic carbocycles. The van der Waals surface area contributed by atoms with Crippen molar-refractivity contribution in [3.05, 3.63) is 29.3 Å². The first kappa shape index (κ1) is 13.4. The van der Waals surface area contributed by atoms with Gasteiger partial charge in [0.05, 0.1) is 6.61 Å². The summed E-state index contributed by atoms with van der Waals surface area (Å²) in [4.78, 5) is 0. The quantitative estimate of drug-likeness (QED) is 0.786. The molecule has 0 radical (unpaired) electrons. The molecule has 100 valence electrons. The van der Waals surface area contributed by atoms with Gasteiger partial charge in [-0.3, -0.25) is 0 Å². The Bertz CT molecular complexity index is 401. The van der Waals surface area contributed by atoms with E-state index >= 15 is 0 Å². The van der Waals surface area contributed by atoms with Crippen LogP contribution in [0.25, 0.3) is 0 Å². The number of para-hydroxylation sites is 1. The lowest BCUT2D eigenvalue weighted by molar-refractivity contribution is 0.0532. The Morgan fingerprint density at radius 1 is 1.44 bits per heavy atom. The molecule has 0 saturated heterocycles. The molecule has 0 aliphatic carbocycles. The van der Waals surface area contributed by atoms with Crippen LogP contribution in [0.3, 0.4) is 0 Å². The zero-order valence-corrected chi connectivity index (χ0v) is 11.3. The van der Waals surface area contributed by atoms with Crippen molar-refractivity contribution in [2.24, 2.45) is 0 Å². The average Bonchev–Trinajstić information content (AvgIpc) is 2.38. The maximum absolute atomic E-state index is 10.6. The van der Waals surface area contributed by atoms with Crippen LogP contribution in [-0.4, -0.2) is 24.8 Å². The topological polar surface area (TPSA) is 41.5 Å². The van der Waals surface area contributed by atoms with Crippen molar-refractivity contribution in [3.63, 3.8) is 0 Å². The van der Waals surface area contributed by atoms with Crippen molar-refractivity contribution < 1.29 is 9.84 Å². The SMILES string of the molecule is CCCNCC(C)(O)c1cccc2c1OCCC2. The van der Waals surface area contributed by atoms with Crippen molar-refractivity contribution in [2.75, 3.05) is 19.7 Å². The average molecular weight is 249 g/mol. The van der Waals surface area contributed by atoms with Gasteiger partial charge in [-0.25, -0.2) is 0 Å². The Morgan fingerprint density at radius 3 is 3.06 bits per heavy atom. The van der Waals surface area contributed by atoms with Gasteiger partial charge in [0.2, 0.25) is 0 Å². The molecule has 1 aromatic rings. The summed E-state index contributed by atoms with van der Waals surface area (Å²) in [5, 5.41) is 13.9. The smallest absolute Gasteiger partial charge is 0.128 e. The lowest BCUT2D eigenvalue weighted by Gasteiger charge is -2.29. The van der Waals surface area contributed by atoms with Crippen LogP contribution in [0.15, 0.2) is 18.2 Å². The summed E-state index contributed by atoms with van der Waals surface area (Å²) in [5.41, 5.74) is 1.25. The lowest BCUT2D eigenvalue weighted by Crippen LogP contribution is -2.36. The van der Waals surface area contributed by atoms with Gasteiger partial charge in [0.15, 0.2) is 0 Å². The van der Waals surface area contributed by atoms with Gasteiger partial charge in [0.25, 0.3) is 0 Å². The maximum atomic E-state index is 10.6. The minimum absolute atomic E-state index is 0.556. The van der Waals surface area contributed by atoms with Crippen LogP contribution < -0.4 is 10.1 Å². The third kappa shape index (κ3) is 2.85. The summed E-state index contributed by atoms with van der Waals surface area (Å²) in [6, 6.07) is 6.07. The van der Waals surface area contributed by atoms with Crippen molar-refractivity contribution >= 4 is 0 Å². The lowest BCUT2D eigenvalue weighted by atomic mass is 9.91. The highest BCUT2D eigenvalue weighted by molar-refractivity contribution is 5.45. The number of ether oxygens (including phenoxy) is 1. The number of nitrogens with one attached hydrogen (secondary N) is 1. The van der Waals surface area contributed by atoms with Crippen molar-refractivity contribution in [3.8, 4) is 5.75 Å². The van der Waals surface area contributed by atoms with E-state index < -0.39 is 5.60 Å². The number of rotatable bonds is 5. The number of benzene rings is 1. The Hall–Kier alpha value is -1.06. The van der Waals surface area contributed by atoms with Crippen LogP contribution >= 0.6 is 0 Å². The van der Waals surface area contributed by atoms with E-state index in [0.717, 1.165) is 43.7 Å². The van der Waals surface area contributed by atoms with Gasteiger partial charge in [-0.15, -0.1) is 0 Å². The second-order valence-electron chi connectivity index (χ2n) is 5.20. The first-order chi connectivity index (χ1) is 8.65. The van der Waals surface area contributed by atoms with E-state index in [0.29, 0.717) is 6.54 Å². The Labute approximate surface area is 109 Å². The van der Waals surface area contributed by atoms with Crippen LogP contribution in [0.4, 0.5) is 0 Å². The van der Waals surface area contributed by atoms with E-state index in [1.165, 1.54) is 5.56 Å². The molecular weight excluding hydrogens is 226 g/mol. The third-order valence-corrected chi connectivity index (χ3v) is 3.41.